The summed E-state index contributed by atoms with van der Waals surface area (Å²) in [5.41, 5.74) is 3.37. The Hall–Kier alpha value is -1.44. The highest BCUT2D eigenvalue weighted by atomic mass is 16.6. The smallest absolute Gasteiger partial charge is 0.239 e. The van der Waals surface area contributed by atoms with Crippen molar-refractivity contribution < 1.29 is 9.47 Å². The first kappa shape index (κ1) is 12.0. The number of anilines is 2. The van der Waals surface area contributed by atoms with Crippen LogP contribution >= 0.6 is 0 Å². The summed E-state index contributed by atoms with van der Waals surface area (Å²) in [6.45, 7) is 4.51. The number of nitrogen functional groups attached to an aromatic ring is 1. The average Bonchev–Trinajstić information content (AvgIpc) is 2.39. The lowest BCUT2D eigenvalue weighted by molar-refractivity contribution is -0.0819. The molecule has 0 radical (unpaired) electrons. The molecular weight excluding hydrogens is 222 g/mol. The summed E-state index contributed by atoms with van der Waals surface area (Å²) in [5.74, 6) is 6.40. The van der Waals surface area contributed by atoms with E-state index < -0.39 is 0 Å². The number of nitrogens with zero attached hydrogens (tertiary/aromatic N) is 2. The molecule has 1 aromatic rings. The Labute approximate surface area is 99.7 Å². The molecule has 17 heavy (non-hydrogen) atoms. The number of nitrogens with one attached hydrogen (secondary N) is 2. The van der Waals surface area contributed by atoms with Gasteiger partial charge in [-0.2, -0.15) is 4.98 Å². The zero-order chi connectivity index (χ0) is 12.1. The van der Waals surface area contributed by atoms with Crippen LogP contribution in [0, 0.1) is 6.92 Å². The van der Waals surface area contributed by atoms with Crippen LogP contribution in [0.4, 0.5) is 11.8 Å². The van der Waals surface area contributed by atoms with Crippen LogP contribution < -0.4 is 16.6 Å². The topological polar surface area (TPSA) is 94.3 Å². The van der Waals surface area contributed by atoms with Gasteiger partial charge >= 0.3 is 0 Å². The SMILES string of the molecule is Cc1cnc(NN)nc1NCC1COCCO1. The van der Waals surface area contributed by atoms with Gasteiger partial charge in [0.15, 0.2) is 0 Å². The van der Waals surface area contributed by atoms with Crippen molar-refractivity contribution in [2.75, 3.05) is 37.1 Å². The summed E-state index contributed by atoms with van der Waals surface area (Å²) in [4.78, 5) is 8.23. The number of aromatic nitrogens is 2. The molecule has 1 fully saturated rings. The van der Waals surface area contributed by atoms with E-state index >= 15 is 0 Å². The van der Waals surface area contributed by atoms with E-state index in [1.165, 1.54) is 0 Å². The molecule has 0 aliphatic carbocycles. The van der Waals surface area contributed by atoms with Crippen LogP contribution in [0.3, 0.4) is 0 Å². The van der Waals surface area contributed by atoms with Gasteiger partial charge < -0.3 is 14.8 Å². The summed E-state index contributed by atoms with van der Waals surface area (Å²) in [6, 6.07) is 0. The van der Waals surface area contributed by atoms with Gasteiger partial charge in [0.2, 0.25) is 5.95 Å². The van der Waals surface area contributed by atoms with E-state index in [0.29, 0.717) is 32.3 Å². The third-order valence-corrected chi connectivity index (χ3v) is 2.48. The minimum atomic E-state index is 0.0624. The number of rotatable bonds is 4. The molecule has 1 aliphatic rings. The van der Waals surface area contributed by atoms with E-state index in [4.69, 9.17) is 15.3 Å². The second kappa shape index (κ2) is 5.76. The van der Waals surface area contributed by atoms with Gasteiger partial charge in [-0.3, -0.25) is 5.43 Å². The fourth-order valence-corrected chi connectivity index (χ4v) is 1.56. The predicted molar refractivity (Wildman–Crippen MR) is 63.6 cm³/mol. The first-order chi connectivity index (χ1) is 8.29. The highest BCUT2D eigenvalue weighted by molar-refractivity contribution is 5.46. The minimum absolute atomic E-state index is 0.0624. The highest BCUT2D eigenvalue weighted by Gasteiger charge is 2.14. The predicted octanol–water partition coefficient (Wildman–Crippen LogP) is -0.102. The number of hydrazine groups is 1. The van der Waals surface area contributed by atoms with Crippen LogP contribution in [0.2, 0.25) is 0 Å². The molecule has 1 atom stereocenters. The molecule has 2 rings (SSSR count). The highest BCUT2D eigenvalue weighted by Crippen LogP contribution is 2.12. The fraction of sp³-hybridized carbons (Fsp3) is 0.600. The Morgan fingerprint density at radius 1 is 1.53 bits per heavy atom. The summed E-state index contributed by atoms with van der Waals surface area (Å²) >= 11 is 0. The molecule has 0 spiro atoms. The first-order valence-corrected chi connectivity index (χ1v) is 5.53. The Morgan fingerprint density at radius 3 is 3.12 bits per heavy atom. The molecule has 0 bridgehead atoms. The molecule has 94 valence electrons. The van der Waals surface area contributed by atoms with Gasteiger partial charge in [0.05, 0.1) is 25.9 Å². The Morgan fingerprint density at radius 2 is 2.41 bits per heavy atom. The zero-order valence-corrected chi connectivity index (χ0v) is 9.77. The molecule has 1 saturated heterocycles. The van der Waals surface area contributed by atoms with Crippen molar-refractivity contribution in [3.05, 3.63) is 11.8 Å². The molecule has 1 aliphatic heterocycles. The second-order valence-corrected chi connectivity index (χ2v) is 3.82. The molecular formula is C10H17N5O2. The lowest BCUT2D eigenvalue weighted by atomic mass is 10.3. The largest absolute Gasteiger partial charge is 0.376 e. The van der Waals surface area contributed by atoms with Crippen molar-refractivity contribution in [2.45, 2.75) is 13.0 Å². The molecule has 4 N–H and O–H groups in total. The van der Waals surface area contributed by atoms with Gasteiger partial charge in [-0.15, -0.1) is 0 Å². The second-order valence-electron chi connectivity index (χ2n) is 3.82. The van der Waals surface area contributed by atoms with Crippen LogP contribution in [0.25, 0.3) is 0 Å². The van der Waals surface area contributed by atoms with E-state index in [1.807, 2.05) is 6.92 Å². The molecule has 0 aromatic carbocycles. The Bertz CT molecular complexity index is 368. The minimum Gasteiger partial charge on any atom is -0.376 e. The van der Waals surface area contributed by atoms with Crippen molar-refractivity contribution in [3.8, 4) is 0 Å². The van der Waals surface area contributed by atoms with E-state index in [-0.39, 0.29) is 6.10 Å². The molecule has 2 heterocycles. The van der Waals surface area contributed by atoms with Gasteiger partial charge in [-0.1, -0.05) is 0 Å². The normalized spacial score (nSPS) is 20.0. The van der Waals surface area contributed by atoms with Crippen LogP contribution in [0.5, 0.6) is 0 Å². The van der Waals surface area contributed by atoms with E-state index in [1.54, 1.807) is 6.20 Å². The van der Waals surface area contributed by atoms with E-state index in [2.05, 4.69) is 20.7 Å². The Balaban J connectivity index is 1.92. The van der Waals surface area contributed by atoms with Crippen LogP contribution in [0.1, 0.15) is 5.56 Å². The fourth-order valence-electron chi connectivity index (χ4n) is 1.56. The van der Waals surface area contributed by atoms with E-state index in [0.717, 1.165) is 11.4 Å². The molecule has 7 nitrogen and oxygen atoms in total. The maximum Gasteiger partial charge on any atom is 0.239 e. The van der Waals surface area contributed by atoms with Gasteiger partial charge in [-0.05, 0) is 6.92 Å². The lowest BCUT2D eigenvalue weighted by Gasteiger charge is -2.23. The maximum atomic E-state index is 5.52. The lowest BCUT2D eigenvalue weighted by Crippen LogP contribution is -2.34. The third kappa shape index (κ3) is 3.26. The maximum absolute atomic E-state index is 5.52. The molecule has 0 saturated carbocycles. The van der Waals surface area contributed by atoms with Crippen molar-refractivity contribution in [1.29, 1.82) is 0 Å². The van der Waals surface area contributed by atoms with Crippen molar-refractivity contribution in [1.82, 2.24) is 9.97 Å². The van der Waals surface area contributed by atoms with Gasteiger partial charge in [0.1, 0.15) is 5.82 Å². The van der Waals surface area contributed by atoms with Gasteiger partial charge in [0, 0.05) is 18.3 Å². The number of hydrogen-bond acceptors (Lipinski definition) is 7. The zero-order valence-electron chi connectivity index (χ0n) is 9.77. The van der Waals surface area contributed by atoms with Gasteiger partial charge in [-0.25, -0.2) is 10.8 Å². The third-order valence-electron chi connectivity index (χ3n) is 2.48. The van der Waals surface area contributed by atoms with Crippen LogP contribution in [-0.4, -0.2) is 42.4 Å². The van der Waals surface area contributed by atoms with Crippen LogP contribution in [-0.2, 0) is 9.47 Å². The summed E-state index contributed by atoms with van der Waals surface area (Å²) in [5, 5.41) is 3.21. The molecule has 1 aromatic heterocycles. The molecule has 1 unspecified atom stereocenters. The molecule has 0 amide bonds. The number of nitrogens with two attached hydrogens (primary N) is 1. The number of aryl methyl sites for hydroxylation is 1. The number of hydrogen-bond donors (Lipinski definition) is 3. The standard InChI is InChI=1S/C10H17N5O2/c1-7-4-13-10(15-11)14-9(7)12-5-8-6-16-2-3-17-8/h4,8H,2-3,5-6,11H2,1H3,(H2,12,13,14,15). The van der Waals surface area contributed by atoms with Gasteiger partial charge in [0.25, 0.3) is 0 Å². The summed E-state index contributed by atoms with van der Waals surface area (Å²) < 4.78 is 10.8. The summed E-state index contributed by atoms with van der Waals surface area (Å²) in [7, 11) is 0. The quantitative estimate of drug-likeness (QED) is 0.499. The first-order valence-electron chi connectivity index (χ1n) is 5.53. The number of ether oxygens (including phenoxy) is 2. The Kier molecular flexibility index (Phi) is 4.08. The average molecular weight is 239 g/mol. The van der Waals surface area contributed by atoms with E-state index in [9.17, 15) is 0 Å². The van der Waals surface area contributed by atoms with Crippen molar-refractivity contribution in [3.63, 3.8) is 0 Å². The monoisotopic (exact) mass is 239 g/mol. The summed E-state index contributed by atoms with van der Waals surface area (Å²) in [6.07, 6.45) is 1.77. The van der Waals surface area contributed by atoms with Crippen molar-refractivity contribution >= 4 is 11.8 Å². The van der Waals surface area contributed by atoms with Crippen molar-refractivity contribution in [2.24, 2.45) is 5.84 Å². The molecule has 7 heteroatoms. The van der Waals surface area contributed by atoms with Crippen LogP contribution in [0.15, 0.2) is 6.20 Å².